The van der Waals surface area contributed by atoms with Gasteiger partial charge in [-0.2, -0.15) is 4.98 Å². The molecule has 1 aromatic carbocycles. The van der Waals surface area contributed by atoms with Crippen molar-refractivity contribution in [1.82, 2.24) is 15.0 Å². The summed E-state index contributed by atoms with van der Waals surface area (Å²) in [7, 11) is 3.44. The predicted molar refractivity (Wildman–Crippen MR) is 78.2 cm³/mol. The molecule has 0 saturated heterocycles. The number of aromatic nitrogens is 2. The fraction of sp³-hybridized carbons (Fsp3) is 0.357. The summed E-state index contributed by atoms with van der Waals surface area (Å²) in [6, 6.07) is 7.21. The smallest absolute Gasteiger partial charge is 0.417 e. The van der Waals surface area contributed by atoms with Crippen LogP contribution in [0.25, 0.3) is 11.4 Å². The molecule has 0 saturated carbocycles. The van der Waals surface area contributed by atoms with Crippen LogP contribution in [0.3, 0.4) is 0 Å². The molecule has 1 heterocycles. The SMILES string of the molecule is CN(C)C(=O)CCCOc1nc(-c2ccccc2Cl)no1. The van der Waals surface area contributed by atoms with Gasteiger partial charge in [-0.15, -0.1) is 0 Å². The van der Waals surface area contributed by atoms with Crippen molar-refractivity contribution in [3.8, 4) is 17.5 Å². The Hall–Kier alpha value is -2.08. The molecule has 1 amide bonds. The number of ether oxygens (including phenoxy) is 1. The summed E-state index contributed by atoms with van der Waals surface area (Å²) in [5.41, 5.74) is 0.681. The van der Waals surface area contributed by atoms with Gasteiger partial charge in [0.15, 0.2) is 0 Å². The van der Waals surface area contributed by atoms with Crippen molar-refractivity contribution in [2.24, 2.45) is 0 Å². The number of hydrogen-bond acceptors (Lipinski definition) is 5. The first-order valence-corrected chi connectivity index (χ1v) is 6.87. The lowest BCUT2D eigenvalue weighted by Crippen LogP contribution is -2.21. The van der Waals surface area contributed by atoms with Crippen LogP contribution in [-0.2, 0) is 4.79 Å². The van der Waals surface area contributed by atoms with Crippen molar-refractivity contribution in [1.29, 1.82) is 0 Å². The molecule has 0 spiro atoms. The fourth-order valence-electron chi connectivity index (χ4n) is 1.63. The summed E-state index contributed by atoms with van der Waals surface area (Å²) < 4.78 is 10.3. The van der Waals surface area contributed by atoms with E-state index in [0.29, 0.717) is 35.9 Å². The lowest BCUT2D eigenvalue weighted by Gasteiger charge is -2.09. The van der Waals surface area contributed by atoms with Crippen LogP contribution in [0.4, 0.5) is 0 Å². The molecule has 1 aromatic heterocycles. The normalized spacial score (nSPS) is 10.4. The van der Waals surface area contributed by atoms with Crippen LogP contribution in [0.1, 0.15) is 12.8 Å². The van der Waals surface area contributed by atoms with E-state index in [4.69, 9.17) is 20.9 Å². The van der Waals surface area contributed by atoms with Gasteiger partial charge in [-0.25, -0.2) is 0 Å². The summed E-state index contributed by atoms with van der Waals surface area (Å²) in [4.78, 5) is 17.0. The van der Waals surface area contributed by atoms with Gasteiger partial charge in [-0.05, 0) is 18.6 Å². The Balaban J connectivity index is 1.87. The number of halogens is 1. The topological polar surface area (TPSA) is 68.5 Å². The maximum absolute atomic E-state index is 11.4. The van der Waals surface area contributed by atoms with Gasteiger partial charge >= 0.3 is 6.08 Å². The van der Waals surface area contributed by atoms with Crippen molar-refractivity contribution < 1.29 is 14.1 Å². The van der Waals surface area contributed by atoms with Crippen molar-refractivity contribution in [3.05, 3.63) is 29.3 Å². The quantitative estimate of drug-likeness (QED) is 0.767. The minimum absolute atomic E-state index is 0.0564. The number of carbonyl (C=O) groups excluding carboxylic acids is 1. The molecule has 0 fully saturated rings. The van der Waals surface area contributed by atoms with Gasteiger partial charge < -0.3 is 9.64 Å². The van der Waals surface area contributed by atoms with E-state index in [1.807, 2.05) is 12.1 Å². The number of carbonyl (C=O) groups is 1. The molecule has 0 aliphatic carbocycles. The average molecular weight is 310 g/mol. The van der Waals surface area contributed by atoms with Gasteiger partial charge in [-0.3, -0.25) is 9.32 Å². The van der Waals surface area contributed by atoms with Crippen LogP contribution in [0.15, 0.2) is 28.8 Å². The summed E-state index contributed by atoms with van der Waals surface area (Å²) in [6.07, 6.45) is 1.07. The van der Waals surface area contributed by atoms with E-state index < -0.39 is 0 Å². The standard InChI is InChI=1S/C14H16ClN3O3/c1-18(2)12(19)8-5-9-20-14-16-13(17-21-14)10-6-3-4-7-11(10)15/h3-4,6-7H,5,8-9H2,1-2H3. The number of amides is 1. The van der Waals surface area contributed by atoms with Crippen LogP contribution in [0, 0.1) is 0 Å². The summed E-state index contributed by atoms with van der Waals surface area (Å²) in [5.74, 6) is 0.431. The molecule has 0 aliphatic rings. The minimum Gasteiger partial charge on any atom is -0.449 e. The molecule has 0 aliphatic heterocycles. The summed E-state index contributed by atoms with van der Waals surface area (Å²) in [6.45, 7) is 0.337. The molecule has 0 N–H and O–H groups in total. The average Bonchev–Trinajstić information content (AvgIpc) is 2.92. The number of benzene rings is 1. The third-order valence-electron chi connectivity index (χ3n) is 2.78. The molecule has 0 unspecified atom stereocenters. The molecule has 21 heavy (non-hydrogen) atoms. The van der Waals surface area contributed by atoms with Crippen molar-refractivity contribution in [2.75, 3.05) is 20.7 Å². The van der Waals surface area contributed by atoms with Gasteiger partial charge in [0, 0.05) is 26.1 Å². The zero-order chi connectivity index (χ0) is 15.2. The molecular formula is C14H16ClN3O3. The van der Waals surface area contributed by atoms with Crippen LogP contribution in [0.2, 0.25) is 5.02 Å². The van der Waals surface area contributed by atoms with E-state index in [9.17, 15) is 4.79 Å². The highest BCUT2D eigenvalue weighted by Crippen LogP contribution is 2.26. The highest BCUT2D eigenvalue weighted by atomic mass is 35.5. The second kappa shape index (κ2) is 7.08. The van der Waals surface area contributed by atoms with Crippen molar-refractivity contribution in [3.63, 3.8) is 0 Å². The largest absolute Gasteiger partial charge is 0.449 e. The molecule has 0 atom stereocenters. The lowest BCUT2D eigenvalue weighted by molar-refractivity contribution is -0.128. The van der Waals surface area contributed by atoms with Gasteiger partial charge in [-0.1, -0.05) is 28.9 Å². The third kappa shape index (κ3) is 4.19. The monoisotopic (exact) mass is 309 g/mol. The molecule has 112 valence electrons. The van der Waals surface area contributed by atoms with E-state index >= 15 is 0 Å². The number of hydrogen-bond donors (Lipinski definition) is 0. The minimum atomic E-state index is 0.0564. The Morgan fingerprint density at radius 1 is 1.38 bits per heavy atom. The van der Waals surface area contributed by atoms with E-state index in [0.717, 1.165) is 0 Å². The second-order valence-corrected chi connectivity index (χ2v) is 5.01. The molecule has 2 aromatic rings. The van der Waals surface area contributed by atoms with Gasteiger partial charge in [0.2, 0.25) is 11.7 Å². The zero-order valence-electron chi connectivity index (χ0n) is 11.9. The van der Waals surface area contributed by atoms with Gasteiger partial charge in [0.25, 0.3) is 0 Å². The highest BCUT2D eigenvalue weighted by molar-refractivity contribution is 6.33. The molecule has 7 heteroatoms. The molecule has 0 bridgehead atoms. The zero-order valence-corrected chi connectivity index (χ0v) is 12.6. The molecule has 2 rings (SSSR count). The Morgan fingerprint density at radius 3 is 2.86 bits per heavy atom. The fourth-order valence-corrected chi connectivity index (χ4v) is 1.85. The van der Waals surface area contributed by atoms with E-state index in [2.05, 4.69) is 10.1 Å². The van der Waals surface area contributed by atoms with Crippen LogP contribution >= 0.6 is 11.6 Å². The molecule has 0 radical (unpaired) electrons. The van der Waals surface area contributed by atoms with Crippen LogP contribution < -0.4 is 4.74 Å². The second-order valence-electron chi connectivity index (χ2n) is 4.60. The Morgan fingerprint density at radius 2 is 2.14 bits per heavy atom. The number of nitrogens with zero attached hydrogens (tertiary/aromatic N) is 3. The predicted octanol–water partition coefficient (Wildman–Crippen LogP) is 2.64. The number of rotatable bonds is 6. The Bertz CT molecular complexity index is 613. The third-order valence-corrected chi connectivity index (χ3v) is 3.11. The maximum Gasteiger partial charge on any atom is 0.417 e. The summed E-state index contributed by atoms with van der Waals surface area (Å²) >= 11 is 6.05. The first kappa shape index (κ1) is 15.3. The Labute approximate surface area is 127 Å². The van der Waals surface area contributed by atoms with Crippen molar-refractivity contribution >= 4 is 17.5 Å². The van der Waals surface area contributed by atoms with Crippen molar-refractivity contribution in [2.45, 2.75) is 12.8 Å². The van der Waals surface area contributed by atoms with Gasteiger partial charge in [0.05, 0.1) is 11.6 Å². The van der Waals surface area contributed by atoms with Crippen LogP contribution in [0.5, 0.6) is 6.08 Å². The molecular weight excluding hydrogens is 294 g/mol. The van der Waals surface area contributed by atoms with E-state index in [-0.39, 0.29) is 12.0 Å². The Kier molecular flexibility index (Phi) is 5.16. The van der Waals surface area contributed by atoms with E-state index in [1.165, 1.54) is 0 Å². The molecule has 6 nitrogen and oxygen atoms in total. The van der Waals surface area contributed by atoms with E-state index in [1.54, 1.807) is 31.1 Å². The van der Waals surface area contributed by atoms with Crippen LogP contribution in [-0.4, -0.2) is 41.6 Å². The van der Waals surface area contributed by atoms with Gasteiger partial charge in [0.1, 0.15) is 0 Å². The highest BCUT2D eigenvalue weighted by Gasteiger charge is 2.12. The first-order valence-electron chi connectivity index (χ1n) is 6.49. The summed E-state index contributed by atoms with van der Waals surface area (Å²) in [5, 5.41) is 4.36. The first-order chi connectivity index (χ1) is 10.1. The lowest BCUT2D eigenvalue weighted by atomic mass is 10.2. The maximum atomic E-state index is 11.4.